The van der Waals surface area contributed by atoms with Gasteiger partial charge in [-0.2, -0.15) is 0 Å². The molecule has 1 aliphatic carbocycles. The molecule has 2 unspecified atom stereocenters. The minimum Gasteiger partial charge on any atom is -0.472 e. The third-order valence-corrected chi connectivity index (χ3v) is 5.65. The Hall–Kier alpha value is -2.15. The second-order valence-electron chi connectivity index (χ2n) is 6.08. The van der Waals surface area contributed by atoms with Crippen LogP contribution in [0.4, 0.5) is 0 Å². The molecule has 0 bridgehead atoms. The topological polar surface area (TPSA) is 75.7 Å². The maximum atomic E-state index is 12.7. The SMILES string of the molecule is O=C(NCc1ccco1)C1CSC(c2ccoc2)N1C(=O)C1CC1. The molecule has 7 heteroatoms. The van der Waals surface area contributed by atoms with Crippen molar-refractivity contribution < 1.29 is 18.4 Å². The van der Waals surface area contributed by atoms with Gasteiger partial charge >= 0.3 is 0 Å². The van der Waals surface area contributed by atoms with Crippen molar-refractivity contribution >= 4 is 23.6 Å². The summed E-state index contributed by atoms with van der Waals surface area (Å²) in [6.07, 6.45) is 6.65. The second-order valence-corrected chi connectivity index (χ2v) is 7.19. The zero-order valence-corrected chi connectivity index (χ0v) is 13.8. The van der Waals surface area contributed by atoms with E-state index in [2.05, 4.69) is 5.32 Å². The quantitative estimate of drug-likeness (QED) is 0.900. The van der Waals surface area contributed by atoms with Crippen molar-refractivity contribution in [2.75, 3.05) is 5.75 Å². The molecule has 1 N–H and O–H groups in total. The van der Waals surface area contributed by atoms with Crippen LogP contribution in [0, 0.1) is 5.92 Å². The van der Waals surface area contributed by atoms with Crippen molar-refractivity contribution in [3.8, 4) is 0 Å². The van der Waals surface area contributed by atoms with E-state index in [-0.39, 0.29) is 23.1 Å². The minimum atomic E-state index is -0.460. The van der Waals surface area contributed by atoms with Crippen LogP contribution in [0.25, 0.3) is 0 Å². The van der Waals surface area contributed by atoms with Crippen molar-refractivity contribution in [2.24, 2.45) is 5.92 Å². The molecule has 3 heterocycles. The molecule has 0 radical (unpaired) electrons. The van der Waals surface area contributed by atoms with Crippen LogP contribution in [-0.2, 0) is 16.1 Å². The summed E-state index contributed by atoms with van der Waals surface area (Å²) in [6, 6.07) is 4.99. The summed E-state index contributed by atoms with van der Waals surface area (Å²) in [6.45, 7) is 0.328. The Morgan fingerprint density at radius 3 is 2.83 bits per heavy atom. The number of amides is 2. The summed E-state index contributed by atoms with van der Waals surface area (Å²) in [4.78, 5) is 27.1. The monoisotopic (exact) mass is 346 g/mol. The van der Waals surface area contributed by atoms with Crippen LogP contribution in [0.2, 0.25) is 0 Å². The van der Waals surface area contributed by atoms with Gasteiger partial charge in [0.25, 0.3) is 0 Å². The Labute approximate surface area is 143 Å². The summed E-state index contributed by atoms with van der Waals surface area (Å²) < 4.78 is 10.4. The lowest BCUT2D eigenvalue weighted by Gasteiger charge is -2.28. The van der Waals surface area contributed by atoms with Gasteiger partial charge in [0.1, 0.15) is 17.2 Å². The Morgan fingerprint density at radius 1 is 1.29 bits per heavy atom. The van der Waals surface area contributed by atoms with E-state index in [0.717, 1.165) is 18.4 Å². The van der Waals surface area contributed by atoms with Crippen LogP contribution in [0.1, 0.15) is 29.5 Å². The molecule has 2 fully saturated rings. The predicted molar refractivity (Wildman–Crippen MR) is 87.8 cm³/mol. The molecule has 126 valence electrons. The van der Waals surface area contributed by atoms with E-state index in [0.29, 0.717) is 18.1 Å². The third kappa shape index (κ3) is 2.96. The molecule has 2 aliphatic rings. The molecule has 1 aliphatic heterocycles. The van der Waals surface area contributed by atoms with Gasteiger partial charge in [0, 0.05) is 17.2 Å². The van der Waals surface area contributed by atoms with Gasteiger partial charge in [0.05, 0.1) is 25.3 Å². The normalized spacial score (nSPS) is 23.4. The molecule has 2 amide bonds. The summed E-state index contributed by atoms with van der Waals surface area (Å²) in [5, 5.41) is 2.72. The number of carbonyl (C=O) groups is 2. The molecule has 1 saturated heterocycles. The van der Waals surface area contributed by atoms with Gasteiger partial charge < -0.3 is 19.1 Å². The zero-order chi connectivity index (χ0) is 16.5. The van der Waals surface area contributed by atoms with Gasteiger partial charge in [-0.05, 0) is 31.0 Å². The standard InChI is InChI=1S/C17H18N2O4S/c20-15(18-8-13-2-1-6-23-13)14-10-24-17(12-5-7-22-9-12)19(14)16(21)11-3-4-11/h1-2,5-7,9,11,14,17H,3-4,8,10H2,(H,18,20). The molecular formula is C17H18N2O4S. The summed E-state index contributed by atoms with van der Waals surface area (Å²) >= 11 is 1.60. The van der Waals surface area contributed by atoms with Crippen molar-refractivity contribution in [3.63, 3.8) is 0 Å². The minimum absolute atomic E-state index is 0.0680. The highest BCUT2D eigenvalue weighted by molar-refractivity contribution is 7.99. The fourth-order valence-electron chi connectivity index (χ4n) is 2.90. The molecule has 24 heavy (non-hydrogen) atoms. The first-order valence-corrected chi connectivity index (χ1v) is 9.05. The van der Waals surface area contributed by atoms with E-state index in [9.17, 15) is 9.59 Å². The van der Waals surface area contributed by atoms with Crippen molar-refractivity contribution in [1.29, 1.82) is 0 Å². The van der Waals surface area contributed by atoms with Gasteiger partial charge in [-0.15, -0.1) is 11.8 Å². The van der Waals surface area contributed by atoms with Gasteiger partial charge in [-0.3, -0.25) is 9.59 Å². The fourth-order valence-corrected chi connectivity index (χ4v) is 4.31. The number of nitrogens with one attached hydrogen (secondary N) is 1. The van der Waals surface area contributed by atoms with Crippen LogP contribution in [0.15, 0.2) is 45.8 Å². The molecule has 4 rings (SSSR count). The van der Waals surface area contributed by atoms with Gasteiger partial charge in [-0.1, -0.05) is 0 Å². The molecular weight excluding hydrogens is 328 g/mol. The molecule has 2 aromatic rings. The largest absolute Gasteiger partial charge is 0.472 e. The van der Waals surface area contributed by atoms with E-state index >= 15 is 0 Å². The first-order valence-electron chi connectivity index (χ1n) is 8.00. The number of hydrogen-bond acceptors (Lipinski definition) is 5. The van der Waals surface area contributed by atoms with E-state index in [1.807, 2.05) is 12.1 Å². The maximum Gasteiger partial charge on any atom is 0.244 e. The Balaban J connectivity index is 1.50. The van der Waals surface area contributed by atoms with Crippen LogP contribution >= 0.6 is 11.8 Å². The maximum absolute atomic E-state index is 12.7. The molecule has 2 atom stereocenters. The third-order valence-electron chi connectivity index (χ3n) is 4.33. The van der Waals surface area contributed by atoms with E-state index in [4.69, 9.17) is 8.83 Å². The molecule has 0 spiro atoms. The molecule has 1 saturated carbocycles. The highest BCUT2D eigenvalue weighted by Gasteiger charge is 2.46. The lowest BCUT2D eigenvalue weighted by atomic mass is 10.2. The fraction of sp³-hybridized carbons (Fsp3) is 0.412. The smallest absolute Gasteiger partial charge is 0.244 e. The lowest BCUT2D eigenvalue weighted by molar-refractivity contribution is -0.141. The first kappa shape index (κ1) is 15.4. The van der Waals surface area contributed by atoms with Crippen LogP contribution in [0.5, 0.6) is 0 Å². The molecule has 6 nitrogen and oxygen atoms in total. The van der Waals surface area contributed by atoms with Gasteiger partial charge in [0.15, 0.2) is 0 Å². The Morgan fingerprint density at radius 2 is 2.17 bits per heavy atom. The van der Waals surface area contributed by atoms with E-state index < -0.39 is 6.04 Å². The highest BCUT2D eigenvalue weighted by atomic mass is 32.2. The van der Waals surface area contributed by atoms with Crippen molar-refractivity contribution in [2.45, 2.75) is 30.8 Å². The molecule has 0 aromatic carbocycles. The summed E-state index contributed by atoms with van der Waals surface area (Å²) in [7, 11) is 0. The number of furan rings is 2. The van der Waals surface area contributed by atoms with Crippen molar-refractivity contribution in [1.82, 2.24) is 10.2 Å². The zero-order valence-electron chi connectivity index (χ0n) is 13.0. The number of thioether (sulfide) groups is 1. The average Bonchev–Trinajstić information content (AvgIpc) is 3.03. The van der Waals surface area contributed by atoms with Crippen LogP contribution < -0.4 is 5.32 Å². The van der Waals surface area contributed by atoms with Crippen molar-refractivity contribution in [3.05, 3.63) is 48.3 Å². The number of carbonyl (C=O) groups excluding carboxylic acids is 2. The predicted octanol–water partition coefficient (Wildman–Crippen LogP) is 2.54. The Bertz CT molecular complexity index is 709. The van der Waals surface area contributed by atoms with E-state index in [1.54, 1.807) is 41.5 Å². The summed E-state index contributed by atoms with van der Waals surface area (Å²) in [5.74, 6) is 1.28. The lowest BCUT2D eigenvalue weighted by Crippen LogP contribution is -2.48. The number of nitrogens with zero attached hydrogens (tertiary/aromatic N) is 1. The number of hydrogen-bond donors (Lipinski definition) is 1. The Kier molecular flexibility index (Phi) is 4.10. The van der Waals surface area contributed by atoms with Crippen LogP contribution in [0.3, 0.4) is 0 Å². The van der Waals surface area contributed by atoms with E-state index in [1.165, 1.54) is 0 Å². The molecule has 2 aromatic heterocycles. The average molecular weight is 346 g/mol. The van der Waals surface area contributed by atoms with Gasteiger partial charge in [0.2, 0.25) is 11.8 Å². The van der Waals surface area contributed by atoms with Crippen LogP contribution in [-0.4, -0.2) is 28.5 Å². The number of rotatable bonds is 5. The van der Waals surface area contributed by atoms with Gasteiger partial charge in [-0.25, -0.2) is 0 Å². The summed E-state index contributed by atoms with van der Waals surface area (Å²) in [5.41, 5.74) is 0.926. The highest BCUT2D eigenvalue weighted by Crippen LogP contribution is 2.45. The first-order chi connectivity index (χ1) is 11.7. The second kappa shape index (κ2) is 6.39.